The van der Waals surface area contributed by atoms with E-state index in [0.29, 0.717) is 11.4 Å². The fraction of sp³-hybridized carbons (Fsp3) is 0.217. The number of benzene rings is 2. The summed E-state index contributed by atoms with van der Waals surface area (Å²) in [6.07, 6.45) is 2.59. The van der Waals surface area contributed by atoms with Crippen LogP contribution in [-0.2, 0) is 16.6 Å². The average molecular weight is 470 g/mol. The zero-order chi connectivity index (χ0) is 23.8. The molecule has 4 rings (SSSR count). The van der Waals surface area contributed by atoms with Crippen molar-refractivity contribution in [3.05, 3.63) is 66.5 Å². The summed E-state index contributed by atoms with van der Waals surface area (Å²) in [7, 11) is -0.648. The number of nitrogens with zero attached hydrogens (tertiary/aromatic N) is 4. The van der Waals surface area contributed by atoms with Crippen molar-refractivity contribution in [2.24, 2.45) is 5.73 Å². The summed E-state index contributed by atoms with van der Waals surface area (Å²) in [4.78, 5) is 4.29. The molecule has 0 bridgehead atoms. The molecule has 0 fully saturated rings. The molecule has 33 heavy (non-hydrogen) atoms. The molecule has 0 radical (unpaired) electrons. The Bertz CT molecular complexity index is 1440. The quantitative estimate of drug-likeness (QED) is 0.442. The van der Waals surface area contributed by atoms with E-state index in [0.717, 1.165) is 27.7 Å². The Morgan fingerprint density at radius 3 is 2.67 bits per heavy atom. The molecule has 2 heterocycles. The molecule has 2 aromatic heterocycles. The molecule has 2 N–H and O–H groups in total. The normalized spacial score (nSPS) is 12.7. The zero-order valence-corrected chi connectivity index (χ0v) is 19.3. The van der Waals surface area contributed by atoms with E-state index in [4.69, 9.17) is 10.3 Å². The van der Waals surface area contributed by atoms with Crippen molar-refractivity contribution in [2.45, 2.75) is 18.4 Å². The predicted molar refractivity (Wildman–Crippen MR) is 125 cm³/mol. The molecule has 0 saturated heterocycles. The van der Waals surface area contributed by atoms with E-state index in [9.17, 15) is 12.8 Å². The molecule has 0 amide bonds. The predicted octanol–water partition coefficient (Wildman–Crippen LogP) is 3.73. The van der Waals surface area contributed by atoms with Crippen LogP contribution in [-0.4, -0.2) is 48.1 Å². The van der Waals surface area contributed by atoms with Gasteiger partial charge in [-0.1, -0.05) is 17.3 Å². The molecule has 0 aliphatic rings. The van der Waals surface area contributed by atoms with Gasteiger partial charge in [-0.15, -0.1) is 0 Å². The van der Waals surface area contributed by atoms with E-state index in [1.54, 1.807) is 18.2 Å². The van der Waals surface area contributed by atoms with E-state index < -0.39 is 10.0 Å². The maximum Gasteiger partial charge on any atom is 0.242 e. The highest BCUT2D eigenvalue weighted by atomic mass is 32.2. The molecule has 0 atom stereocenters. The van der Waals surface area contributed by atoms with Gasteiger partial charge in [0.2, 0.25) is 22.2 Å². The van der Waals surface area contributed by atoms with Crippen molar-refractivity contribution in [1.29, 1.82) is 0 Å². The van der Waals surface area contributed by atoms with E-state index >= 15 is 0 Å². The van der Waals surface area contributed by atoms with Gasteiger partial charge >= 0.3 is 0 Å². The summed E-state index contributed by atoms with van der Waals surface area (Å²) < 4.78 is 47.8. The Balaban J connectivity index is 1.98. The number of hydrogen-bond donors (Lipinski definition) is 1. The molecule has 2 aromatic carbocycles. The third-order valence-corrected chi connectivity index (χ3v) is 7.30. The summed E-state index contributed by atoms with van der Waals surface area (Å²) in [6, 6.07) is 12.3. The van der Waals surface area contributed by atoms with E-state index in [2.05, 4.69) is 10.1 Å². The lowest BCUT2D eigenvalue weighted by Crippen LogP contribution is -2.22. The second kappa shape index (κ2) is 8.89. The van der Waals surface area contributed by atoms with Crippen LogP contribution in [0.25, 0.3) is 33.4 Å². The van der Waals surface area contributed by atoms with E-state index in [-0.39, 0.29) is 23.8 Å². The first-order chi connectivity index (χ1) is 15.7. The van der Waals surface area contributed by atoms with Gasteiger partial charge in [-0.3, -0.25) is 0 Å². The van der Waals surface area contributed by atoms with Crippen molar-refractivity contribution in [1.82, 2.24) is 19.0 Å². The number of rotatable bonds is 7. The molecule has 0 aliphatic carbocycles. The van der Waals surface area contributed by atoms with Crippen LogP contribution in [0.4, 0.5) is 4.39 Å². The monoisotopic (exact) mass is 469 g/mol. The summed E-state index contributed by atoms with van der Waals surface area (Å²) in [5, 5.41) is 4.72. The second-order valence-corrected chi connectivity index (χ2v) is 9.89. The van der Waals surface area contributed by atoms with Crippen LogP contribution in [0.5, 0.6) is 0 Å². The van der Waals surface area contributed by atoms with E-state index in [1.807, 2.05) is 35.8 Å². The smallest absolute Gasteiger partial charge is 0.242 e. The molecule has 8 nitrogen and oxygen atoms in total. The lowest BCUT2D eigenvalue weighted by atomic mass is 10.0. The van der Waals surface area contributed by atoms with Crippen LogP contribution < -0.4 is 5.73 Å². The first kappa shape index (κ1) is 22.8. The van der Waals surface area contributed by atoms with Gasteiger partial charge in [0.25, 0.3) is 0 Å². The molecule has 0 unspecified atom stereocenters. The van der Waals surface area contributed by atoms with Crippen LogP contribution in [0.1, 0.15) is 5.69 Å². The number of halogens is 1. The molecular weight excluding hydrogens is 445 g/mol. The van der Waals surface area contributed by atoms with E-state index in [1.165, 1.54) is 30.9 Å². The van der Waals surface area contributed by atoms with Crippen LogP contribution in [0.3, 0.4) is 0 Å². The largest absolute Gasteiger partial charge is 0.342 e. The number of aromatic nitrogens is 3. The maximum absolute atomic E-state index is 14.5. The standard InChI is InChI=1S/C23H24FN5O3S/c1-15-22(16-5-4-6-19(11-16)33(30,31)28(2)3)20-12-17(23-26-14-32-27-23)7-8-21(20)29(15)13-18(24)9-10-25/h4-9,11-12,14H,10,13,25H2,1-3H3. The minimum Gasteiger partial charge on any atom is -0.342 e. The van der Waals surface area contributed by atoms with Crippen LogP contribution in [0.15, 0.2) is 70.2 Å². The number of hydrogen-bond acceptors (Lipinski definition) is 6. The zero-order valence-electron chi connectivity index (χ0n) is 18.5. The lowest BCUT2D eigenvalue weighted by molar-refractivity contribution is 0.419. The van der Waals surface area contributed by atoms with Crippen molar-refractivity contribution in [3.63, 3.8) is 0 Å². The number of sulfonamides is 1. The first-order valence-electron chi connectivity index (χ1n) is 10.2. The maximum atomic E-state index is 14.5. The fourth-order valence-electron chi connectivity index (χ4n) is 3.85. The minimum absolute atomic E-state index is 0.0107. The van der Waals surface area contributed by atoms with Gasteiger partial charge in [0.1, 0.15) is 5.83 Å². The molecular formula is C23H24FN5O3S. The summed E-state index contributed by atoms with van der Waals surface area (Å²) in [6.45, 7) is 1.99. The topological polar surface area (TPSA) is 107 Å². The van der Waals surface area contributed by atoms with Crippen molar-refractivity contribution in [2.75, 3.05) is 20.6 Å². The summed E-state index contributed by atoms with van der Waals surface area (Å²) in [5.74, 6) is 0.0710. The molecule has 10 heteroatoms. The van der Waals surface area contributed by atoms with Gasteiger partial charge in [-0.25, -0.2) is 17.1 Å². The molecule has 0 aliphatic heterocycles. The number of allylic oxidation sites excluding steroid dienone is 1. The highest BCUT2D eigenvalue weighted by Gasteiger charge is 2.21. The Labute approximate surface area is 191 Å². The summed E-state index contributed by atoms with van der Waals surface area (Å²) in [5.41, 5.74) is 9.28. The SMILES string of the molecule is Cc1c(-c2cccc(S(=O)(=O)N(C)C)c2)c2cc(-c3ncon3)ccc2n1CC(F)=CCN. The second-order valence-electron chi connectivity index (χ2n) is 7.74. The fourth-order valence-corrected chi connectivity index (χ4v) is 4.80. The van der Waals surface area contributed by atoms with Gasteiger partial charge < -0.3 is 14.8 Å². The van der Waals surface area contributed by atoms with Gasteiger partial charge in [0, 0.05) is 48.4 Å². The summed E-state index contributed by atoms with van der Waals surface area (Å²) >= 11 is 0. The average Bonchev–Trinajstić information content (AvgIpc) is 3.41. The van der Waals surface area contributed by atoms with Gasteiger partial charge in [0.05, 0.1) is 11.4 Å². The number of fused-ring (bicyclic) bond motifs is 1. The number of nitrogens with two attached hydrogens (primary N) is 1. The Kier molecular flexibility index (Phi) is 6.15. The third kappa shape index (κ3) is 4.20. The van der Waals surface area contributed by atoms with Gasteiger partial charge in [0.15, 0.2) is 0 Å². The van der Waals surface area contributed by atoms with Gasteiger partial charge in [-0.2, -0.15) is 4.98 Å². The third-order valence-electron chi connectivity index (χ3n) is 5.49. The lowest BCUT2D eigenvalue weighted by Gasteiger charge is -2.13. The Hall–Kier alpha value is -3.34. The van der Waals surface area contributed by atoms with Crippen LogP contribution in [0, 0.1) is 6.92 Å². The van der Waals surface area contributed by atoms with Crippen molar-refractivity contribution >= 4 is 20.9 Å². The Morgan fingerprint density at radius 2 is 2.00 bits per heavy atom. The minimum atomic E-state index is -3.63. The highest BCUT2D eigenvalue weighted by molar-refractivity contribution is 7.89. The Morgan fingerprint density at radius 1 is 1.21 bits per heavy atom. The highest BCUT2D eigenvalue weighted by Crippen LogP contribution is 2.38. The van der Waals surface area contributed by atoms with Gasteiger partial charge in [-0.05, 0) is 48.9 Å². The molecule has 4 aromatic rings. The molecule has 172 valence electrons. The van der Waals surface area contributed by atoms with Crippen LogP contribution in [0.2, 0.25) is 0 Å². The molecule has 0 saturated carbocycles. The molecule has 0 spiro atoms. The van der Waals surface area contributed by atoms with Crippen LogP contribution >= 0.6 is 0 Å². The first-order valence-corrected chi connectivity index (χ1v) is 11.6. The van der Waals surface area contributed by atoms with Crippen molar-refractivity contribution < 1.29 is 17.3 Å². The van der Waals surface area contributed by atoms with Crippen molar-refractivity contribution in [3.8, 4) is 22.5 Å².